The van der Waals surface area contributed by atoms with E-state index in [-0.39, 0.29) is 6.79 Å². The lowest BCUT2D eigenvalue weighted by atomic mass is 9.92. The van der Waals surface area contributed by atoms with Gasteiger partial charge in [0.1, 0.15) is 5.41 Å². The number of carbonyl (C=O) groups is 2. The van der Waals surface area contributed by atoms with Crippen LogP contribution in [0.2, 0.25) is 0 Å². The van der Waals surface area contributed by atoms with Crippen LogP contribution in [0, 0.1) is 5.41 Å². The molecule has 0 spiro atoms. The number of carboxylic acids is 1. The second kappa shape index (κ2) is 4.46. The van der Waals surface area contributed by atoms with Crippen LogP contribution in [-0.2, 0) is 9.59 Å². The van der Waals surface area contributed by atoms with Crippen LogP contribution >= 0.6 is 0 Å². The predicted molar refractivity (Wildman–Crippen MR) is 67.4 cm³/mol. The van der Waals surface area contributed by atoms with E-state index in [4.69, 9.17) is 14.6 Å². The third-order valence-electron chi connectivity index (χ3n) is 3.12. The molecule has 0 atom stereocenters. The Morgan fingerprint density at radius 1 is 1.26 bits per heavy atom. The van der Waals surface area contributed by atoms with E-state index >= 15 is 0 Å². The van der Waals surface area contributed by atoms with E-state index in [2.05, 4.69) is 0 Å². The van der Waals surface area contributed by atoms with E-state index in [9.17, 15) is 9.59 Å². The lowest BCUT2D eigenvalue weighted by Crippen LogP contribution is -2.43. The van der Waals surface area contributed by atoms with E-state index in [1.807, 2.05) is 0 Å². The zero-order valence-corrected chi connectivity index (χ0v) is 11.0. The maximum atomic E-state index is 12.2. The highest BCUT2D eigenvalue weighted by Gasteiger charge is 2.38. The largest absolute Gasteiger partial charge is 0.480 e. The molecule has 19 heavy (non-hydrogen) atoms. The van der Waals surface area contributed by atoms with Gasteiger partial charge in [0.15, 0.2) is 11.5 Å². The fourth-order valence-corrected chi connectivity index (χ4v) is 1.72. The third kappa shape index (κ3) is 2.21. The summed E-state index contributed by atoms with van der Waals surface area (Å²) in [4.78, 5) is 24.6. The highest BCUT2D eigenvalue weighted by molar-refractivity contribution is 6.08. The summed E-state index contributed by atoms with van der Waals surface area (Å²) in [7, 11) is 1.53. The van der Waals surface area contributed by atoms with Gasteiger partial charge in [0.2, 0.25) is 12.7 Å². The van der Waals surface area contributed by atoms with Crippen molar-refractivity contribution in [1.82, 2.24) is 0 Å². The second-order valence-corrected chi connectivity index (χ2v) is 4.83. The minimum absolute atomic E-state index is 0.150. The van der Waals surface area contributed by atoms with Crippen LogP contribution in [0.4, 0.5) is 5.69 Å². The van der Waals surface area contributed by atoms with Crippen LogP contribution < -0.4 is 14.4 Å². The van der Waals surface area contributed by atoms with E-state index in [1.54, 1.807) is 18.2 Å². The number of amides is 1. The van der Waals surface area contributed by atoms with Gasteiger partial charge in [0.25, 0.3) is 0 Å². The summed E-state index contributed by atoms with van der Waals surface area (Å²) >= 11 is 0. The number of rotatable bonds is 3. The smallest absolute Gasteiger partial charge is 0.318 e. The SMILES string of the molecule is CN(C(=O)C(C)(C)C(=O)O)c1ccc2c(c1)OCO2. The Bertz CT molecular complexity index is 538. The Labute approximate surface area is 110 Å². The van der Waals surface area contributed by atoms with E-state index in [1.165, 1.54) is 25.8 Å². The van der Waals surface area contributed by atoms with Gasteiger partial charge >= 0.3 is 5.97 Å². The highest BCUT2D eigenvalue weighted by Crippen LogP contribution is 2.36. The second-order valence-electron chi connectivity index (χ2n) is 4.83. The molecular weight excluding hydrogens is 250 g/mol. The summed E-state index contributed by atoms with van der Waals surface area (Å²) in [6, 6.07) is 5.02. The fourth-order valence-electron chi connectivity index (χ4n) is 1.72. The van der Waals surface area contributed by atoms with Gasteiger partial charge in [0.05, 0.1) is 0 Å². The van der Waals surface area contributed by atoms with Gasteiger partial charge in [0, 0.05) is 18.8 Å². The minimum atomic E-state index is -1.48. The molecule has 1 heterocycles. The zero-order valence-electron chi connectivity index (χ0n) is 11.0. The Hall–Kier alpha value is -2.24. The van der Waals surface area contributed by atoms with Crippen molar-refractivity contribution in [3.8, 4) is 11.5 Å². The van der Waals surface area contributed by atoms with Crippen LogP contribution in [0.5, 0.6) is 11.5 Å². The fraction of sp³-hybridized carbons (Fsp3) is 0.385. The van der Waals surface area contributed by atoms with Crippen molar-refractivity contribution in [3.05, 3.63) is 18.2 Å². The molecule has 1 amide bonds. The Morgan fingerprint density at radius 2 is 1.89 bits per heavy atom. The molecular formula is C13H15NO5. The molecule has 0 radical (unpaired) electrons. The minimum Gasteiger partial charge on any atom is -0.480 e. The lowest BCUT2D eigenvalue weighted by Gasteiger charge is -2.26. The van der Waals surface area contributed by atoms with Gasteiger partial charge in [-0.05, 0) is 26.0 Å². The van der Waals surface area contributed by atoms with E-state index in [0.717, 1.165) is 0 Å². The number of hydrogen-bond donors (Lipinski definition) is 1. The number of aliphatic carboxylic acids is 1. The van der Waals surface area contributed by atoms with Crippen molar-refractivity contribution in [2.24, 2.45) is 5.41 Å². The Morgan fingerprint density at radius 3 is 2.53 bits per heavy atom. The first-order valence-electron chi connectivity index (χ1n) is 5.75. The molecule has 6 heteroatoms. The van der Waals surface area contributed by atoms with Crippen molar-refractivity contribution < 1.29 is 24.2 Å². The summed E-state index contributed by atoms with van der Waals surface area (Å²) < 4.78 is 10.4. The first kappa shape index (κ1) is 13.2. The normalized spacial score (nSPS) is 13.2. The lowest BCUT2D eigenvalue weighted by molar-refractivity contribution is -0.152. The predicted octanol–water partition coefficient (Wildman–Crippen LogP) is 1.49. The molecule has 0 aromatic heterocycles. The van der Waals surface area contributed by atoms with Gasteiger partial charge in [-0.15, -0.1) is 0 Å². The van der Waals surface area contributed by atoms with Crippen molar-refractivity contribution in [1.29, 1.82) is 0 Å². The molecule has 1 aliphatic rings. The van der Waals surface area contributed by atoms with Gasteiger partial charge in [-0.1, -0.05) is 0 Å². The van der Waals surface area contributed by atoms with E-state index in [0.29, 0.717) is 17.2 Å². The van der Waals surface area contributed by atoms with Crippen LogP contribution in [-0.4, -0.2) is 30.8 Å². The van der Waals surface area contributed by atoms with E-state index < -0.39 is 17.3 Å². The van der Waals surface area contributed by atoms with Crippen LogP contribution in [0.1, 0.15) is 13.8 Å². The molecule has 0 bridgehead atoms. The topological polar surface area (TPSA) is 76.1 Å². The summed E-state index contributed by atoms with van der Waals surface area (Å²) in [6.07, 6.45) is 0. The summed E-state index contributed by atoms with van der Waals surface area (Å²) in [5.41, 5.74) is -0.922. The molecule has 102 valence electrons. The Kier molecular flexibility index (Phi) is 3.09. The number of anilines is 1. The molecule has 6 nitrogen and oxygen atoms in total. The third-order valence-corrected chi connectivity index (χ3v) is 3.12. The molecule has 1 aromatic carbocycles. The number of nitrogens with zero attached hydrogens (tertiary/aromatic N) is 1. The molecule has 1 N–H and O–H groups in total. The molecule has 0 aliphatic carbocycles. The number of carboxylic acid groups (broad SMARTS) is 1. The number of hydrogen-bond acceptors (Lipinski definition) is 4. The quantitative estimate of drug-likeness (QED) is 0.838. The van der Waals surface area contributed by atoms with Crippen LogP contribution in [0.15, 0.2) is 18.2 Å². The molecule has 1 aliphatic heterocycles. The monoisotopic (exact) mass is 265 g/mol. The summed E-state index contributed by atoms with van der Waals surface area (Å²) in [6.45, 7) is 2.90. The first-order valence-corrected chi connectivity index (χ1v) is 5.75. The average Bonchev–Trinajstić information content (AvgIpc) is 2.83. The number of ether oxygens (including phenoxy) is 2. The maximum absolute atomic E-state index is 12.2. The van der Waals surface area contributed by atoms with Crippen molar-refractivity contribution in [3.63, 3.8) is 0 Å². The van der Waals surface area contributed by atoms with Crippen LogP contribution in [0.3, 0.4) is 0 Å². The Balaban J connectivity index is 2.27. The van der Waals surface area contributed by atoms with Crippen molar-refractivity contribution in [2.45, 2.75) is 13.8 Å². The molecule has 1 aromatic rings. The van der Waals surface area contributed by atoms with Gasteiger partial charge in [-0.25, -0.2) is 0 Å². The summed E-state index contributed by atoms with van der Waals surface area (Å²) in [5, 5.41) is 9.07. The van der Waals surface area contributed by atoms with Gasteiger partial charge in [-0.2, -0.15) is 0 Å². The zero-order chi connectivity index (χ0) is 14.2. The van der Waals surface area contributed by atoms with Crippen molar-refractivity contribution in [2.75, 3.05) is 18.7 Å². The van der Waals surface area contributed by atoms with Crippen molar-refractivity contribution >= 4 is 17.6 Å². The average molecular weight is 265 g/mol. The number of carbonyl (C=O) groups excluding carboxylic acids is 1. The molecule has 2 rings (SSSR count). The number of benzene rings is 1. The molecule has 0 unspecified atom stereocenters. The maximum Gasteiger partial charge on any atom is 0.318 e. The number of fused-ring (bicyclic) bond motifs is 1. The summed E-state index contributed by atoms with van der Waals surface area (Å²) in [5.74, 6) is -0.503. The van der Waals surface area contributed by atoms with Gasteiger partial charge < -0.3 is 19.5 Å². The molecule has 0 saturated heterocycles. The van der Waals surface area contributed by atoms with Crippen LogP contribution in [0.25, 0.3) is 0 Å². The molecule has 0 fully saturated rings. The standard InChI is InChI=1S/C13H15NO5/c1-13(2,12(16)17)11(15)14(3)8-4-5-9-10(6-8)19-7-18-9/h4-6H,7H2,1-3H3,(H,16,17). The molecule has 0 saturated carbocycles. The van der Waals surface area contributed by atoms with Gasteiger partial charge in [-0.3, -0.25) is 9.59 Å². The highest BCUT2D eigenvalue weighted by atomic mass is 16.7. The first-order chi connectivity index (χ1) is 8.84.